The molecule has 1 amide bonds. The third-order valence-electron chi connectivity index (χ3n) is 5.17. The number of nitrogens with one attached hydrogen (secondary N) is 2. The highest BCUT2D eigenvalue weighted by Crippen LogP contribution is 2.33. The van der Waals surface area contributed by atoms with Gasteiger partial charge in [-0.25, -0.2) is 4.79 Å². The summed E-state index contributed by atoms with van der Waals surface area (Å²) < 4.78 is 45.3. The summed E-state index contributed by atoms with van der Waals surface area (Å²) in [5.74, 6) is -3.29. The molecule has 1 unspecified atom stereocenters. The topological polar surface area (TPSA) is 72.4 Å². The minimum Gasteiger partial charge on any atom is -0.425 e. The van der Waals surface area contributed by atoms with Crippen LogP contribution in [0.15, 0.2) is 54.6 Å². The first kappa shape index (κ1) is 20.9. The lowest BCUT2D eigenvalue weighted by molar-refractivity contribution is -0.208. The van der Waals surface area contributed by atoms with Gasteiger partial charge < -0.3 is 19.9 Å². The van der Waals surface area contributed by atoms with E-state index in [-0.39, 0.29) is 0 Å². The molecule has 0 saturated carbocycles. The van der Waals surface area contributed by atoms with Crippen molar-refractivity contribution in [2.75, 3.05) is 18.4 Å². The van der Waals surface area contributed by atoms with E-state index in [1.807, 2.05) is 12.1 Å². The van der Waals surface area contributed by atoms with Crippen LogP contribution in [0.4, 0.5) is 18.9 Å². The Balaban J connectivity index is 1.83. The van der Waals surface area contributed by atoms with E-state index < -0.39 is 24.3 Å². The van der Waals surface area contributed by atoms with Gasteiger partial charge in [0, 0.05) is 29.7 Å². The van der Waals surface area contributed by atoms with Crippen LogP contribution in [0.3, 0.4) is 0 Å². The largest absolute Gasteiger partial charge is 0.491 e. The van der Waals surface area contributed by atoms with Gasteiger partial charge in [-0.15, -0.1) is 0 Å². The zero-order valence-corrected chi connectivity index (χ0v) is 16.4. The Labute approximate surface area is 176 Å². The Hall–Kier alpha value is -3.33. The number of anilines is 1. The molecular weight excluding hydrogens is 411 g/mol. The van der Waals surface area contributed by atoms with Gasteiger partial charge in [0.05, 0.1) is 5.52 Å². The van der Waals surface area contributed by atoms with E-state index in [0.717, 1.165) is 10.9 Å². The number of rotatable bonds is 4. The van der Waals surface area contributed by atoms with Crippen LogP contribution < -0.4 is 10.6 Å². The predicted octanol–water partition coefficient (Wildman–Crippen LogP) is 3.57. The molecule has 9 heteroatoms. The molecule has 0 fully saturated rings. The molecule has 1 atom stereocenters. The van der Waals surface area contributed by atoms with E-state index in [9.17, 15) is 22.8 Å². The Morgan fingerprint density at radius 3 is 2.42 bits per heavy atom. The molecule has 2 N–H and O–H groups in total. The maximum absolute atomic E-state index is 13.1. The van der Waals surface area contributed by atoms with Crippen molar-refractivity contribution < 1.29 is 27.5 Å². The molecule has 1 aliphatic heterocycles. The van der Waals surface area contributed by atoms with Crippen LogP contribution >= 0.6 is 0 Å². The highest BCUT2D eigenvalue weighted by molar-refractivity contribution is 5.96. The van der Waals surface area contributed by atoms with E-state index >= 15 is 0 Å². The van der Waals surface area contributed by atoms with E-state index in [0.29, 0.717) is 42.8 Å². The molecule has 31 heavy (non-hydrogen) atoms. The summed E-state index contributed by atoms with van der Waals surface area (Å²) in [6.45, 7) is 1.29. The fourth-order valence-corrected chi connectivity index (χ4v) is 3.87. The summed E-state index contributed by atoms with van der Waals surface area (Å²) in [5.41, 5.74) is 2.53. The predicted molar refractivity (Wildman–Crippen MR) is 108 cm³/mol. The summed E-state index contributed by atoms with van der Waals surface area (Å²) in [6, 6.07) is 15.4. The number of carbonyl (C=O) groups is 2. The van der Waals surface area contributed by atoms with Gasteiger partial charge in [0.25, 0.3) is 12.1 Å². The van der Waals surface area contributed by atoms with Crippen molar-refractivity contribution in [2.45, 2.75) is 25.2 Å². The first-order valence-electron chi connectivity index (χ1n) is 9.81. The lowest BCUT2D eigenvalue weighted by Crippen LogP contribution is -2.36. The average Bonchev–Trinajstić information content (AvgIpc) is 2.88. The second-order valence-corrected chi connectivity index (χ2v) is 7.17. The first-order chi connectivity index (χ1) is 14.9. The quantitative estimate of drug-likeness (QED) is 0.620. The van der Waals surface area contributed by atoms with Crippen molar-refractivity contribution in [3.63, 3.8) is 0 Å². The van der Waals surface area contributed by atoms with E-state index in [4.69, 9.17) is 4.74 Å². The van der Waals surface area contributed by atoms with E-state index in [2.05, 4.69) is 10.6 Å². The molecule has 162 valence electrons. The van der Waals surface area contributed by atoms with Crippen molar-refractivity contribution in [2.24, 2.45) is 0 Å². The Morgan fingerprint density at radius 2 is 1.68 bits per heavy atom. The second-order valence-electron chi connectivity index (χ2n) is 7.17. The number of para-hydroxylation sites is 2. The van der Waals surface area contributed by atoms with Gasteiger partial charge in [0.15, 0.2) is 0 Å². The SMILES string of the molecule is O=C(Nc1ccccc1)C(OC(=O)C(F)(F)F)n1c2c(c3ccccc31)CCNCC2. The van der Waals surface area contributed by atoms with Crippen molar-refractivity contribution in [1.82, 2.24) is 9.88 Å². The lowest BCUT2D eigenvalue weighted by Gasteiger charge is -2.23. The van der Waals surface area contributed by atoms with Gasteiger partial charge in [-0.2, -0.15) is 13.2 Å². The summed E-state index contributed by atoms with van der Waals surface area (Å²) in [4.78, 5) is 24.8. The Morgan fingerprint density at radius 1 is 1.00 bits per heavy atom. The summed E-state index contributed by atoms with van der Waals surface area (Å²) in [6.07, 6.45) is -5.93. The number of alkyl halides is 3. The van der Waals surface area contributed by atoms with Crippen molar-refractivity contribution >= 4 is 28.5 Å². The molecule has 2 heterocycles. The lowest BCUT2D eigenvalue weighted by atomic mass is 10.1. The Bertz CT molecular complexity index is 1110. The highest BCUT2D eigenvalue weighted by atomic mass is 19.4. The van der Waals surface area contributed by atoms with Gasteiger partial charge in [-0.1, -0.05) is 36.4 Å². The van der Waals surface area contributed by atoms with Crippen LogP contribution in [0.5, 0.6) is 0 Å². The molecule has 4 rings (SSSR count). The highest BCUT2D eigenvalue weighted by Gasteiger charge is 2.44. The maximum atomic E-state index is 13.1. The van der Waals surface area contributed by atoms with Crippen molar-refractivity contribution in [3.8, 4) is 0 Å². The summed E-state index contributed by atoms with van der Waals surface area (Å²) in [5, 5.41) is 6.62. The third kappa shape index (κ3) is 4.27. The van der Waals surface area contributed by atoms with Crippen LogP contribution in [-0.4, -0.2) is 35.7 Å². The molecule has 0 bridgehead atoms. The standard InChI is InChI=1S/C22H20F3N3O3/c23-22(24,25)21(30)31-20(19(29)27-14-6-2-1-3-7-14)28-17-9-5-4-8-15(17)16-10-12-26-13-11-18(16)28/h1-9,20,26H,10-13H2,(H,27,29). The van der Waals surface area contributed by atoms with E-state index in [1.165, 1.54) is 4.57 Å². The molecule has 1 aliphatic rings. The molecule has 3 aromatic rings. The van der Waals surface area contributed by atoms with Crippen molar-refractivity contribution in [3.05, 3.63) is 65.9 Å². The fraction of sp³-hybridized carbons (Fsp3) is 0.273. The minimum absolute atomic E-state index is 0.379. The molecule has 0 aliphatic carbocycles. The van der Waals surface area contributed by atoms with Crippen LogP contribution in [0.2, 0.25) is 0 Å². The number of aromatic nitrogens is 1. The number of amides is 1. The number of nitrogens with zero attached hydrogens (tertiary/aromatic N) is 1. The molecule has 0 spiro atoms. The van der Waals surface area contributed by atoms with Gasteiger partial charge in [0.1, 0.15) is 0 Å². The smallest absolute Gasteiger partial charge is 0.425 e. The molecule has 1 aromatic heterocycles. The number of benzene rings is 2. The number of ether oxygens (including phenoxy) is 1. The van der Waals surface area contributed by atoms with Gasteiger partial charge >= 0.3 is 12.1 Å². The average molecular weight is 431 g/mol. The molecule has 0 saturated heterocycles. The third-order valence-corrected chi connectivity index (χ3v) is 5.17. The Kier molecular flexibility index (Phi) is 5.69. The van der Waals surface area contributed by atoms with Crippen LogP contribution in [0.25, 0.3) is 10.9 Å². The molecule has 6 nitrogen and oxygen atoms in total. The number of fused-ring (bicyclic) bond motifs is 3. The van der Waals surface area contributed by atoms with Crippen LogP contribution in [-0.2, 0) is 27.2 Å². The second kappa shape index (κ2) is 8.43. The maximum Gasteiger partial charge on any atom is 0.491 e. The normalized spacial score (nSPS) is 15.1. The zero-order valence-electron chi connectivity index (χ0n) is 16.4. The number of halogens is 3. The molecule has 2 aromatic carbocycles. The van der Waals surface area contributed by atoms with Crippen LogP contribution in [0, 0.1) is 0 Å². The molecular formula is C22H20F3N3O3. The zero-order chi connectivity index (χ0) is 22.0. The van der Waals surface area contributed by atoms with Gasteiger partial charge in [0.2, 0.25) is 0 Å². The van der Waals surface area contributed by atoms with Gasteiger partial charge in [-0.3, -0.25) is 4.79 Å². The first-order valence-corrected chi connectivity index (χ1v) is 9.81. The summed E-state index contributed by atoms with van der Waals surface area (Å²) >= 11 is 0. The summed E-state index contributed by atoms with van der Waals surface area (Å²) in [7, 11) is 0. The van der Waals surface area contributed by atoms with Crippen LogP contribution in [0.1, 0.15) is 17.5 Å². The van der Waals surface area contributed by atoms with Gasteiger partial charge in [-0.05, 0) is 36.7 Å². The molecule has 0 radical (unpaired) electrons. The fourth-order valence-electron chi connectivity index (χ4n) is 3.87. The number of esters is 1. The van der Waals surface area contributed by atoms with Crippen molar-refractivity contribution in [1.29, 1.82) is 0 Å². The number of hydrogen-bond acceptors (Lipinski definition) is 4. The number of hydrogen-bond donors (Lipinski definition) is 2. The minimum atomic E-state index is -5.23. The monoisotopic (exact) mass is 431 g/mol. The number of carbonyl (C=O) groups excluding carboxylic acids is 2. The van der Waals surface area contributed by atoms with E-state index in [1.54, 1.807) is 42.5 Å².